The van der Waals surface area contributed by atoms with Gasteiger partial charge in [0.1, 0.15) is 0 Å². The predicted molar refractivity (Wildman–Crippen MR) is 72.2 cm³/mol. The van der Waals surface area contributed by atoms with E-state index >= 15 is 0 Å². The molecule has 1 fully saturated rings. The van der Waals surface area contributed by atoms with Crippen molar-refractivity contribution in [2.24, 2.45) is 17.4 Å². The van der Waals surface area contributed by atoms with Gasteiger partial charge >= 0.3 is 6.03 Å². The molecule has 1 aromatic rings. The van der Waals surface area contributed by atoms with Crippen LogP contribution in [0.2, 0.25) is 0 Å². The number of urea groups is 1. The van der Waals surface area contributed by atoms with E-state index in [0.29, 0.717) is 18.5 Å². The first-order valence-electron chi connectivity index (χ1n) is 6.17. The second-order valence-corrected chi connectivity index (χ2v) is 4.87. The van der Waals surface area contributed by atoms with E-state index < -0.39 is 6.03 Å². The van der Waals surface area contributed by atoms with Crippen LogP contribution in [0.4, 0.5) is 10.5 Å². The lowest BCUT2D eigenvalue weighted by molar-refractivity contribution is 0.259. The molecular weight excluding hydrogens is 228 g/mol. The molecule has 0 aromatic heterocycles. The highest BCUT2D eigenvalue weighted by molar-refractivity contribution is 5.88. The highest BCUT2D eigenvalue weighted by atomic mass is 16.2. The molecule has 5 heteroatoms. The Bertz CT molecular complexity index is 435. The van der Waals surface area contributed by atoms with Crippen molar-refractivity contribution in [3.05, 3.63) is 29.8 Å². The molecule has 2 atom stereocenters. The van der Waals surface area contributed by atoms with Crippen LogP contribution in [-0.2, 0) is 0 Å². The molecule has 0 bridgehead atoms. The summed E-state index contributed by atoms with van der Waals surface area (Å²) >= 11 is 0. The number of nitrogens with zero attached hydrogens (tertiary/aromatic N) is 1. The number of hydrogen-bond donors (Lipinski definition) is 3. The maximum Gasteiger partial charge on any atom is 0.316 e. The van der Waals surface area contributed by atoms with Crippen molar-refractivity contribution in [1.29, 1.82) is 0 Å². The summed E-state index contributed by atoms with van der Waals surface area (Å²) in [7, 11) is 2.08. The summed E-state index contributed by atoms with van der Waals surface area (Å²) in [6, 6.07) is 7.55. The van der Waals surface area contributed by atoms with Crippen molar-refractivity contribution >= 4 is 11.7 Å². The molecule has 1 heterocycles. The lowest BCUT2D eigenvalue weighted by atomic mass is 9.98. The number of rotatable bonds is 3. The number of amides is 2. The van der Waals surface area contributed by atoms with Crippen LogP contribution in [0.5, 0.6) is 0 Å². The fourth-order valence-corrected chi connectivity index (χ4v) is 2.67. The van der Waals surface area contributed by atoms with Gasteiger partial charge in [-0.1, -0.05) is 18.2 Å². The lowest BCUT2D eigenvalue weighted by Gasteiger charge is -2.22. The number of anilines is 1. The molecule has 98 valence electrons. The fraction of sp³-hybridized carbons (Fsp3) is 0.462. The van der Waals surface area contributed by atoms with Gasteiger partial charge in [0, 0.05) is 18.3 Å². The zero-order valence-electron chi connectivity index (χ0n) is 10.6. The van der Waals surface area contributed by atoms with Crippen molar-refractivity contribution in [3.8, 4) is 0 Å². The van der Waals surface area contributed by atoms with Gasteiger partial charge in [-0.15, -0.1) is 0 Å². The van der Waals surface area contributed by atoms with Gasteiger partial charge in [0.05, 0.1) is 0 Å². The zero-order chi connectivity index (χ0) is 13.1. The number of para-hydroxylation sites is 1. The molecule has 5 N–H and O–H groups in total. The van der Waals surface area contributed by atoms with E-state index in [1.165, 1.54) is 0 Å². The van der Waals surface area contributed by atoms with Gasteiger partial charge in [-0.2, -0.15) is 0 Å². The SMILES string of the molecule is CN1CC(CN)CC1c1ccccc1NC(N)=O. The smallest absolute Gasteiger partial charge is 0.316 e. The normalized spacial score (nSPS) is 24.1. The monoisotopic (exact) mass is 248 g/mol. The van der Waals surface area contributed by atoms with Gasteiger partial charge < -0.3 is 16.8 Å². The Morgan fingerprint density at radius 2 is 2.22 bits per heavy atom. The number of carbonyl (C=O) groups excluding carboxylic acids is 1. The molecule has 2 unspecified atom stereocenters. The van der Waals surface area contributed by atoms with Crippen molar-refractivity contribution in [3.63, 3.8) is 0 Å². The molecule has 1 aromatic carbocycles. The van der Waals surface area contributed by atoms with E-state index in [1.807, 2.05) is 24.3 Å². The molecular formula is C13H20N4O. The standard InChI is InChI=1S/C13H20N4O/c1-17-8-9(7-14)6-12(17)10-4-2-3-5-11(10)16-13(15)18/h2-5,9,12H,6-8,14H2,1H3,(H3,15,16,18). The van der Waals surface area contributed by atoms with Crippen LogP contribution in [0.3, 0.4) is 0 Å². The third kappa shape index (κ3) is 2.63. The number of nitrogens with two attached hydrogens (primary N) is 2. The summed E-state index contributed by atoms with van der Waals surface area (Å²) in [5.74, 6) is 0.515. The zero-order valence-corrected chi connectivity index (χ0v) is 10.6. The first kappa shape index (κ1) is 12.9. The number of carbonyl (C=O) groups is 1. The summed E-state index contributed by atoms with van der Waals surface area (Å²) in [6.07, 6.45) is 1.02. The van der Waals surface area contributed by atoms with Gasteiger partial charge in [-0.3, -0.25) is 4.90 Å². The molecule has 1 saturated heterocycles. The highest BCUT2D eigenvalue weighted by Crippen LogP contribution is 2.36. The van der Waals surface area contributed by atoms with E-state index in [9.17, 15) is 4.79 Å². The average Bonchev–Trinajstić information content (AvgIpc) is 2.70. The molecule has 2 rings (SSSR count). The number of hydrogen-bond acceptors (Lipinski definition) is 3. The van der Waals surface area contributed by atoms with E-state index in [-0.39, 0.29) is 0 Å². The lowest BCUT2D eigenvalue weighted by Crippen LogP contribution is -2.23. The summed E-state index contributed by atoms with van der Waals surface area (Å²) in [5, 5.41) is 2.68. The van der Waals surface area contributed by atoms with Crippen LogP contribution in [0.1, 0.15) is 18.0 Å². The van der Waals surface area contributed by atoms with Gasteiger partial charge in [-0.05, 0) is 37.6 Å². The molecule has 2 amide bonds. The summed E-state index contributed by atoms with van der Waals surface area (Å²) in [5.41, 5.74) is 12.8. The van der Waals surface area contributed by atoms with Crippen molar-refractivity contribution in [2.75, 3.05) is 25.5 Å². The number of benzene rings is 1. The summed E-state index contributed by atoms with van der Waals surface area (Å²) in [4.78, 5) is 13.3. The maximum absolute atomic E-state index is 11.0. The molecule has 0 radical (unpaired) electrons. The number of nitrogens with one attached hydrogen (secondary N) is 1. The Balaban J connectivity index is 2.25. The number of primary amides is 1. The molecule has 5 nitrogen and oxygen atoms in total. The molecule has 1 aliphatic heterocycles. The van der Waals surface area contributed by atoms with Gasteiger partial charge in [0.25, 0.3) is 0 Å². The van der Waals surface area contributed by atoms with Crippen LogP contribution < -0.4 is 16.8 Å². The van der Waals surface area contributed by atoms with Crippen molar-refractivity contribution < 1.29 is 4.79 Å². The first-order valence-corrected chi connectivity index (χ1v) is 6.17. The van der Waals surface area contributed by atoms with E-state index in [1.54, 1.807) is 0 Å². The Kier molecular flexibility index (Phi) is 3.84. The minimum atomic E-state index is -0.529. The first-order chi connectivity index (χ1) is 8.61. The van der Waals surface area contributed by atoms with Crippen LogP contribution in [-0.4, -0.2) is 31.1 Å². The van der Waals surface area contributed by atoms with E-state index in [0.717, 1.165) is 24.2 Å². The molecule has 0 saturated carbocycles. The average molecular weight is 248 g/mol. The third-order valence-corrected chi connectivity index (χ3v) is 3.55. The second kappa shape index (κ2) is 5.37. The van der Waals surface area contributed by atoms with Gasteiger partial charge in [0.2, 0.25) is 0 Å². The molecule has 18 heavy (non-hydrogen) atoms. The molecule has 0 aliphatic carbocycles. The van der Waals surface area contributed by atoms with Crippen LogP contribution in [0.15, 0.2) is 24.3 Å². The third-order valence-electron chi connectivity index (χ3n) is 3.55. The topological polar surface area (TPSA) is 84.4 Å². The van der Waals surface area contributed by atoms with Gasteiger partial charge in [-0.25, -0.2) is 4.79 Å². The predicted octanol–water partition coefficient (Wildman–Crippen LogP) is 1.13. The van der Waals surface area contributed by atoms with Crippen LogP contribution >= 0.6 is 0 Å². The Labute approximate surface area is 107 Å². The van der Waals surface area contributed by atoms with E-state index in [4.69, 9.17) is 11.5 Å². The minimum absolute atomic E-state index is 0.293. The van der Waals surface area contributed by atoms with Crippen LogP contribution in [0.25, 0.3) is 0 Å². The van der Waals surface area contributed by atoms with E-state index in [2.05, 4.69) is 17.3 Å². The molecule has 0 spiro atoms. The highest BCUT2D eigenvalue weighted by Gasteiger charge is 2.31. The maximum atomic E-state index is 11.0. The number of likely N-dealkylation sites (tertiary alicyclic amines) is 1. The van der Waals surface area contributed by atoms with Crippen LogP contribution in [0, 0.1) is 5.92 Å². The summed E-state index contributed by atoms with van der Waals surface area (Å²) in [6.45, 7) is 1.69. The Morgan fingerprint density at radius 3 is 2.83 bits per heavy atom. The fourth-order valence-electron chi connectivity index (χ4n) is 2.67. The second-order valence-electron chi connectivity index (χ2n) is 4.87. The van der Waals surface area contributed by atoms with Gasteiger partial charge in [0.15, 0.2) is 0 Å². The largest absolute Gasteiger partial charge is 0.351 e. The minimum Gasteiger partial charge on any atom is -0.351 e. The van der Waals surface area contributed by atoms with Crippen molar-refractivity contribution in [2.45, 2.75) is 12.5 Å². The summed E-state index contributed by atoms with van der Waals surface area (Å²) < 4.78 is 0. The quantitative estimate of drug-likeness (QED) is 0.749. The Hall–Kier alpha value is -1.59. The van der Waals surface area contributed by atoms with Crippen molar-refractivity contribution in [1.82, 2.24) is 4.90 Å². The molecule has 1 aliphatic rings. The Morgan fingerprint density at radius 1 is 1.50 bits per heavy atom.